The van der Waals surface area contributed by atoms with Crippen LogP contribution in [0.4, 0.5) is 0 Å². The number of carbonyl (C=O) groups excluding carboxylic acids is 1. The number of hydrogen-bond acceptors (Lipinski definition) is 2. The second-order valence-corrected chi connectivity index (χ2v) is 7.45. The Hall–Kier alpha value is -1.65. The summed E-state index contributed by atoms with van der Waals surface area (Å²) >= 11 is 1.77. The fourth-order valence-corrected chi connectivity index (χ4v) is 3.30. The third-order valence-corrected chi connectivity index (χ3v) is 5.04. The standard InChI is InChI=1S/C19H26N2OS/c1-4-15(2)20-12-19(22)21(13-17-8-6-5-7-9-17)14-18-11-10-16(3)23-18/h5-11,15,20H,4,12-14H2,1-3H3/p+1/t15-/m0/s1. The number of benzene rings is 1. The van der Waals surface area contributed by atoms with Gasteiger partial charge in [0, 0.05) is 16.3 Å². The molecule has 2 N–H and O–H groups in total. The lowest BCUT2D eigenvalue weighted by atomic mass is 10.2. The summed E-state index contributed by atoms with van der Waals surface area (Å²) < 4.78 is 0. The van der Waals surface area contributed by atoms with E-state index in [1.807, 2.05) is 23.1 Å². The van der Waals surface area contributed by atoms with Crippen LogP contribution in [-0.2, 0) is 17.9 Å². The van der Waals surface area contributed by atoms with Crippen LogP contribution in [0.2, 0.25) is 0 Å². The molecule has 0 saturated heterocycles. The third-order valence-electron chi connectivity index (χ3n) is 4.05. The first-order chi connectivity index (χ1) is 11.1. The number of carbonyl (C=O) groups is 1. The Balaban J connectivity index is 2.05. The van der Waals surface area contributed by atoms with Crippen molar-refractivity contribution in [2.75, 3.05) is 6.54 Å². The molecule has 0 aliphatic heterocycles. The molecule has 1 atom stereocenters. The Kier molecular flexibility index (Phi) is 6.81. The van der Waals surface area contributed by atoms with Crippen molar-refractivity contribution in [3.05, 3.63) is 57.8 Å². The van der Waals surface area contributed by atoms with Crippen molar-refractivity contribution in [3.8, 4) is 0 Å². The number of quaternary nitrogens is 1. The van der Waals surface area contributed by atoms with Gasteiger partial charge >= 0.3 is 0 Å². The maximum Gasteiger partial charge on any atom is 0.278 e. The van der Waals surface area contributed by atoms with Crippen molar-refractivity contribution < 1.29 is 10.1 Å². The van der Waals surface area contributed by atoms with Crippen LogP contribution in [-0.4, -0.2) is 23.4 Å². The summed E-state index contributed by atoms with van der Waals surface area (Å²) in [5.74, 6) is 0.209. The van der Waals surface area contributed by atoms with E-state index in [9.17, 15) is 4.79 Å². The van der Waals surface area contributed by atoms with Gasteiger partial charge in [-0.2, -0.15) is 0 Å². The molecule has 23 heavy (non-hydrogen) atoms. The highest BCUT2D eigenvalue weighted by Gasteiger charge is 2.18. The first-order valence-corrected chi connectivity index (χ1v) is 9.10. The summed E-state index contributed by atoms with van der Waals surface area (Å²) in [6.07, 6.45) is 1.08. The Morgan fingerprint density at radius 2 is 1.91 bits per heavy atom. The van der Waals surface area contributed by atoms with Gasteiger partial charge in [0.1, 0.15) is 0 Å². The molecular formula is C19H27N2OS+. The predicted octanol–water partition coefficient (Wildman–Crippen LogP) is 2.95. The number of amides is 1. The summed E-state index contributed by atoms with van der Waals surface area (Å²) in [6, 6.07) is 15.0. The molecule has 0 spiro atoms. The SMILES string of the molecule is CC[C@H](C)[NH2+]CC(=O)N(Cc1ccccc1)Cc1ccc(C)s1. The van der Waals surface area contributed by atoms with E-state index in [0.717, 1.165) is 6.42 Å². The van der Waals surface area contributed by atoms with E-state index in [1.54, 1.807) is 11.3 Å². The molecular weight excluding hydrogens is 304 g/mol. The van der Waals surface area contributed by atoms with Crippen molar-refractivity contribution in [1.29, 1.82) is 0 Å². The van der Waals surface area contributed by atoms with Crippen LogP contribution in [0, 0.1) is 6.92 Å². The highest BCUT2D eigenvalue weighted by molar-refractivity contribution is 7.11. The van der Waals surface area contributed by atoms with Crippen molar-refractivity contribution >= 4 is 17.2 Å². The van der Waals surface area contributed by atoms with Gasteiger partial charge in [-0.25, -0.2) is 0 Å². The summed E-state index contributed by atoms with van der Waals surface area (Å²) in [4.78, 5) is 17.2. The number of nitrogens with two attached hydrogens (primary N) is 1. The fraction of sp³-hybridized carbons (Fsp3) is 0.421. The van der Waals surface area contributed by atoms with Gasteiger partial charge in [-0.1, -0.05) is 37.3 Å². The van der Waals surface area contributed by atoms with Gasteiger partial charge in [0.05, 0.1) is 12.6 Å². The topological polar surface area (TPSA) is 36.9 Å². The number of aryl methyl sites for hydroxylation is 1. The second kappa shape index (κ2) is 8.85. The average molecular weight is 332 g/mol. The molecule has 1 amide bonds. The Labute approximate surface area is 143 Å². The van der Waals surface area contributed by atoms with Crippen LogP contribution < -0.4 is 5.32 Å². The normalized spacial score (nSPS) is 12.1. The number of nitrogens with zero attached hydrogens (tertiary/aromatic N) is 1. The third kappa shape index (κ3) is 5.81. The monoisotopic (exact) mass is 331 g/mol. The lowest BCUT2D eigenvalue weighted by Gasteiger charge is -2.22. The van der Waals surface area contributed by atoms with E-state index in [0.29, 0.717) is 25.7 Å². The first-order valence-electron chi connectivity index (χ1n) is 8.28. The summed E-state index contributed by atoms with van der Waals surface area (Å²) in [6.45, 7) is 8.31. The molecule has 2 aromatic rings. The van der Waals surface area contributed by atoms with Gasteiger partial charge in [0.25, 0.3) is 5.91 Å². The first kappa shape index (κ1) is 17.7. The molecule has 2 rings (SSSR count). The lowest BCUT2D eigenvalue weighted by Crippen LogP contribution is -2.91. The molecule has 1 heterocycles. The minimum absolute atomic E-state index is 0.209. The lowest BCUT2D eigenvalue weighted by molar-refractivity contribution is -0.676. The molecule has 0 saturated carbocycles. The zero-order chi connectivity index (χ0) is 16.7. The number of hydrogen-bond donors (Lipinski definition) is 1. The number of thiophene rings is 1. The zero-order valence-electron chi connectivity index (χ0n) is 14.3. The van der Waals surface area contributed by atoms with E-state index < -0.39 is 0 Å². The smallest absolute Gasteiger partial charge is 0.278 e. The molecule has 0 fully saturated rings. The Bertz CT molecular complexity index is 609. The maximum absolute atomic E-state index is 12.7. The van der Waals surface area contributed by atoms with Gasteiger partial charge in [-0.3, -0.25) is 4.79 Å². The molecule has 0 aliphatic rings. The van der Waals surface area contributed by atoms with Gasteiger partial charge < -0.3 is 10.2 Å². The van der Waals surface area contributed by atoms with Crippen molar-refractivity contribution in [2.24, 2.45) is 0 Å². The molecule has 124 valence electrons. The average Bonchev–Trinajstić information content (AvgIpc) is 2.97. The summed E-state index contributed by atoms with van der Waals surface area (Å²) in [5.41, 5.74) is 1.18. The highest BCUT2D eigenvalue weighted by Crippen LogP contribution is 2.18. The Morgan fingerprint density at radius 1 is 1.17 bits per heavy atom. The van der Waals surface area contributed by atoms with Gasteiger partial charge in [-0.15, -0.1) is 11.3 Å². The van der Waals surface area contributed by atoms with Crippen LogP contribution in [0.25, 0.3) is 0 Å². The summed E-state index contributed by atoms with van der Waals surface area (Å²) in [5, 5.41) is 2.14. The second-order valence-electron chi connectivity index (χ2n) is 6.07. The molecule has 0 unspecified atom stereocenters. The van der Waals surface area contributed by atoms with E-state index in [2.05, 4.69) is 50.4 Å². The van der Waals surface area contributed by atoms with E-state index in [4.69, 9.17) is 0 Å². The van der Waals surface area contributed by atoms with Crippen molar-refractivity contribution in [2.45, 2.75) is 46.3 Å². The van der Waals surface area contributed by atoms with Crippen LogP contribution in [0.5, 0.6) is 0 Å². The maximum atomic E-state index is 12.7. The fourth-order valence-electron chi connectivity index (χ4n) is 2.39. The van der Waals surface area contributed by atoms with Gasteiger partial charge in [0.2, 0.25) is 0 Å². The molecule has 4 heteroatoms. The quantitative estimate of drug-likeness (QED) is 0.793. The number of rotatable bonds is 8. The van der Waals surface area contributed by atoms with Crippen LogP contribution >= 0.6 is 11.3 Å². The van der Waals surface area contributed by atoms with E-state index in [-0.39, 0.29) is 5.91 Å². The summed E-state index contributed by atoms with van der Waals surface area (Å²) in [7, 11) is 0. The van der Waals surface area contributed by atoms with E-state index in [1.165, 1.54) is 15.3 Å². The van der Waals surface area contributed by atoms with Gasteiger partial charge in [0.15, 0.2) is 6.54 Å². The highest BCUT2D eigenvalue weighted by atomic mass is 32.1. The van der Waals surface area contributed by atoms with Crippen LogP contribution in [0.15, 0.2) is 42.5 Å². The molecule has 1 aromatic carbocycles. The van der Waals surface area contributed by atoms with E-state index >= 15 is 0 Å². The van der Waals surface area contributed by atoms with Crippen LogP contribution in [0.3, 0.4) is 0 Å². The molecule has 0 bridgehead atoms. The van der Waals surface area contributed by atoms with Crippen molar-refractivity contribution in [1.82, 2.24) is 4.90 Å². The largest absolute Gasteiger partial charge is 0.336 e. The van der Waals surface area contributed by atoms with Gasteiger partial charge in [-0.05, 0) is 38.0 Å². The predicted molar refractivity (Wildman–Crippen MR) is 96.3 cm³/mol. The zero-order valence-corrected chi connectivity index (χ0v) is 15.1. The molecule has 0 aliphatic carbocycles. The molecule has 0 radical (unpaired) electrons. The minimum atomic E-state index is 0.209. The minimum Gasteiger partial charge on any atom is -0.336 e. The Morgan fingerprint density at radius 3 is 2.52 bits per heavy atom. The molecule has 1 aromatic heterocycles. The van der Waals surface area contributed by atoms with Crippen molar-refractivity contribution in [3.63, 3.8) is 0 Å². The van der Waals surface area contributed by atoms with Crippen LogP contribution in [0.1, 0.15) is 35.6 Å². The molecule has 3 nitrogen and oxygen atoms in total.